The monoisotopic (exact) mass is 470 g/mol. The van der Waals surface area contributed by atoms with E-state index < -0.39 is 0 Å². The van der Waals surface area contributed by atoms with Gasteiger partial charge < -0.3 is 14.2 Å². The molecule has 3 nitrogen and oxygen atoms in total. The molecule has 0 fully saturated rings. The van der Waals surface area contributed by atoms with Crippen molar-refractivity contribution in [2.45, 2.75) is 32.4 Å². The van der Waals surface area contributed by atoms with Crippen molar-refractivity contribution >= 4 is 27.6 Å². The van der Waals surface area contributed by atoms with Crippen LogP contribution in [-0.4, -0.2) is 22.9 Å². The van der Waals surface area contributed by atoms with E-state index in [4.69, 9.17) is 4.42 Å². The molecule has 0 spiro atoms. The van der Waals surface area contributed by atoms with Crippen LogP contribution in [0.15, 0.2) is 113 Å². The average Bonchev–Trinajstić information content (AvgIpc) is 3.43. The van der Waals surface area contributed by atoms with Gasteiger partial charge in [0, 0.05) is 46.9 Å². The summed E-state index contributed by atoms with van der Waals surface area (Å²) in [6, 6.07) is 24.4. The molecule has 3 heteroatoms. The Kier molecular flexibility index (Phi) is 4.92. The number of nitrogens with zero attached hydrogens (tertiary/aromatic N) is 2. The smallest absolute Gasteiger partial charge is 0.141 e. The quantitative estimate of drug-likeness (QED) is 0.300. The molecule has 0 saturated heterocycles. The lowest BCUT2D eigenvalue weighted by Gasteiger charge is -2.35. The second-order valence-electron chi connectivity index (χ2n) is 10.3. The maximum Gasteiger partial charge on any atom is 0.141 e. The largest absolute Gasteiger partial charge is 0.456 e. The summed E-state index contributed by atoms with van der Waals surface area (Å²) in [6.45, 7) is 6.39. The summed E-state index contributed by atoms with van der Waals surface area (Å²) >= 11 is 0. The Hall–Kier alpha value is -3.98. The van der Waals surface area contributed by atoms with E-state index in [2.05, 4.69) is 115 Å². The first kappa shape index (κ1) is 21.3. The lowest BCUT2D eigenvalue weighted by molar-refractivity contribution is 0.253. The zero-order valence-electron chi connectivity index (χ0n) is 20.8. The van der Waals surface area contributed by atoms with Gasteiger partial charge in [0.2, 0.25) is 0 Å². The van der Waals surface area contributed by atoms with Gasteiger partial charge in [-0.15, -0.1) is 0 Å². The van der Waals surface area contributed by atoms with E-state index in [1.807, 2.05) is 6.07 Å². The molecule has 0 aliphatic carbocycles. The molecule has 1 unspecified atom stereocenters. The van der Waals surface area contributed by atoms with E-state index in [0.717, 1.165) is 30.7 Å². The van der Waals surface area contributed by atoms with Crippen LogP contribution in [0, 0.1) is 0 Å². The third-order valence-corrected chi connectivity index (χ3v) is 7.95. The SMILES string of the molecule is CC1=CC(c2cccc3c2oc2ccccc23)N(CC[C@@H]2c3ccccc3C3=CC=C(C)CN32)C=C1. The molecule has 1 aromatic heterocycles. The van der Waals surface area contributed by atoms with Crippen molar-refractivity contribution in [1.29, 1.82) is 0 Å². The fourth-order valence-corrected chi connectivity index (χ4v) is 6.21. The third kappa shape index (κ3) is 3.34. The molecule has 36 heavy (non-hydrogen) atoms. The Morgan fingerprint density at radius 1 is 0.861 bits per heavy atom. The minimum atomic E-state index is 0.147. The van der Waals surface area contributed by atoms with Gasteiger partial charge in [0.15, 0.2) is 0 Å². The van der Waals surface area contributed by atoms with Crippen molar-refractivity contribution in [3.05, 3.63) is 125 Å². The van der Waals surface area contributed by atoms with Crippen molar-refractivity contribution < 1.29 is 4.42 Å². The summed E-state index contributed by atoms with van der Waals surface area (Å²) in [4.78, 5) is 5.09. The number of hydrogen-bond donors (Lipinski definition) is 0. The number of fused-ring (bicyclic) bond motifs is 6. The zero-order valence-corrected chi connectivity index (χ0v) is 20.8. The molecule has 7 rings (SSSR count). The molecular weight excluding hydrogens is 440 g/mol. The van der Waals surface area contributed by atoms with Crippen LogP contribution in [0.3, 0.4) is 0 Å². The normalized spacial score (nSPS) is 20.9. The minimum Gasteiger partial charge on any atom is -0.456 e. The summed E-state index contributed by atoms with van der Waals surface area (Å²) in [6.07, 6.45) is 12.5. The highest BCUT2D eigenvalue weighted by Crippen LogP contribution is 2.45. The standard InChI is InChI=1S/C33H30N2O/c1-22-16-18-34(19-17-30-25-9-4-3-8-24(25)29-15-14-23(2)21-35(29)30)31(20-22)28-12-7-11-27-26-10-5-6-13-32(26)36-33(27)28/h3-16,18,20,30-31H,17,19,21H2,1-2H3/t30-,31?/m1/s1. The highest BCUT2D eigenvalue weighted by atomic mass is 16.3. The molecule has 0 N–H and O–H groups in total. The van der Waals surface area contributed by atoms with E-state index >= 15 is 0 Å². The molecule has 0 amide bonds. The van der Waals surface area contributed by atoms with Crippen LogP contribution in [0.5, 0.6) is 0 Å². The van der Waals surface area contributed by atoms with Gasteiger partial charge in [0.25, 0.3) is 0 Å². The fraction of sp³-hybridized carbons (Fsp3) is 0.212. The Morgan fingerprint density at radius 3 is 2.61 bits per heavy atom. The van der Waals surface area contributed by atoms with E-state index in [0.29, 0.717) is 6.04 Å². The molecule has 0 bridgehead atoms. The van der Waals surface area contributed by atoms with Gasteiger partial charge in [-0.3, -0.25) is 0 Å². The summed E-state index contributed by atoms with van der Waals surface area (Å²) in [5.41, 5.74) is 10.1. The van der Waals surface area contributed by atoms with Crippen molar-refractivity contribution in [3.63, 3.8) is 0 Å². The van der Waals surface area contributed by atoms with Crippen LogP contribution in [-0.2, 0) is 0 Å². The number of benzene rings is 3. The molecule has 2 atom stereocenters. The van der Waals surface area contributed by atoms with Crippen LogP contribution in [0.2, 0.25) is 0 Å². The van der Waals surface area contributed by atoms with Gasteiger partial charge in [-0.2, -0.15) is 0 Å². The molecule has 178 valence electrons. The van der Waals surface area contributed by atoms with Crippen molar-refractivity contribution in [1.82, 2.24) is 9.80 Å². The van der Waals surface area contributed by atoms with Crippen LogP contribution in [0.4, 0.5) is 0 Å². The third-order valence-electron chi connectivity index (χ3n) is 7.95. The number of furan rings is 1. The minimum absolute atomic E-state index is 0.147. The first-order chi connectivity index (χ1) is 17.7. The van der Waals surface area contributed by atoms with E-state index in [9.17, 15) is 0 Å². The van der Waals surface area contributed by atoms with Crippen LogP contribution in [0.1, 0.15) is 49.0 Å². The second-order valence-corrected chi connectivity index (χ2v) is 10.3. The van der Waals surface area contributed by atoms with Crippen LogP contribution in [0.25, 0.3) is 27.6 Å². The molecular formula is C33H30N2O. The topological polar surface area (TPSA) is 19.6 Å². The lowest BCUT2D eigenvalue weighted by Crippen LogP contribution is -2.30. The van der Waals surface area contributed by atoms with E-state index in [-0.39, 0.29) is 6.04 Å². The predicted octanol–water partition coefficient (Wildman–Crippen LogP) is 8.15. The maximum absolute atomic E-state index is 6.43. The number of hydrogen-bond acceptors (Lipinski definition) is 3. The van der Waals surface area contributed by atoms with Crippen molar-refractivity contribution in [3.8, 4) is 0 Å². The Balaban J connectivity index is 1.23. The average molecular weight is 471 g/mol. The van der Waals surface area contributed by atoms with Gasteiger partial charge >= 0.3 is 0 Å². The lowest BCUT2D eigenvalue weighted by atomic mass is 9.96. The molecule has 0 radical (unpaired) electrons. The summed E-state index contributed by atoms with van der Waals surface area (Å²) in [7, 11) is 0. The number of para-hydroxylation sites is 2. The van der Waals surface area contributed by atoms with Gasteiger partial charge in [0.05, 0.1) is 12.1 Å². The van der Waals surface area contributed by atoms with E-state index in [1.54, 1.807) is 0 Å². The number of allylic oxidation sites excluding steroid dienone is 4. The summed E-state index contributed by atoms with van der Waals surface area (Å²) in [5.74, 6) is 0. The van der Waals surface area contributed by atoms with Crippen molar-refractivity contribution in [2.24, 2.45) is 0 Å². The van der Waals surface area contributed by atoms with Crippen LogP contribution >= 0.6 is 0 Å². The van der Waals surface area contributed by atoms with Crippen LogP contribution < -0.4 is 0 Å². The first-order valence-corrected chi connectivity index (χ1v) is 12.9. The molecule has 4 heterocycles. The molecule has 3 aromatic carbocycles. The van der Waals surface area contributed by atoms with E-state index in [1.165, 1.54) is 44.3 Å². The Morgan fingerprint density at radius 2 is 1.67 bits per heavy atom. The summed E-state index contributed by atoms with van der Waals surface area (Å²) < 4.78 is 6.43. The first-order valence-electron chi connectivity index (χ1n) is 12.9. The fourth-order valence-electron chi connectivity index (χ4n) is 6.21. The highest BCUT2D eigenvalue weighted by molar-refractivity contribution is 6.06. The predicted molar refractivity (Wildman–Crippen MR) is 148 cm³/mol. The second kappa shape index (κ2) is 8.30. The van der Waals surface area contributed by atoms with Gasteiger partial charge in [-0.05, 0) is 44.1 Å². The zero-order chi connectivity index (χ0) is 24.2. The molecule has 3 aliphatic heterocycles. The molecule has 0 saturated carbocycles. The molecule has 3 aliphatic rings. The Bertz CT molecular complexity index is 1620. The van der Waals surface area contributed by atoms with Gasteiger partial charge in [-0.25, -0.2) is 0 Å². The maximum atomic E-state index is 6.43. The molecule has 4 aromatic rings. The highest BCUT2D eigenvalue weighted by Gasteiger charge is 2.35. The van der Waals surface area contributed by atoms with Gasteiger partial charge in [0.1, 0.15) is 11.2 Å². The summed E-state index contributed by atoms with van der Waals surface area (Å²) in [5, 5.41) is 2.38. The van der Waals surface area contributed by atoms with Gasteiger partial charge in [-0.1, -0.05) is 84.0 Å². The van der Waals surface area contributed by atoms with Crippen molar-refractivity contribution in [2.75, 3.05) is 13.1 Å². The number of rotatable bonds is 4. The Labute approximate surface area is 212 Å².